The molecule has 98 valence electrons. The molecular weight excluding hydrogens is 240 g/mol. The van der Waals surface area contributed by atoms with E-state index in [0.717, 1.165) is 5.57 Å². The molecule has 0 saturated heterocycles. The van der Waals surface area contributed by atoms with Crippen LogP contribution < -0.4 is 5.56 Å². The van der Waals surface area contributed by atoms with Crippen molar-refractivity contribution in [2.45, 2.75) is 19.8 Å². The molecule has 0 fully saturated rings. The molecule has 2 rings (SSSR count). The molecule has 19 heavy (non-hydrogen) atoms. The number of H-pyrrole nitrogens is 1. The zero-order chi connectivity index (χ0) is 13.8. The second kappa shape index (κ2) is 5.52. The molecule has 0 saturated carbocycles. The number of benzene rings is 1. The van der Waals surface area contributed by atoms with E-state index in [4.69, 9.17) is 0 Å². The summed E-state index contributed by atoms with van der Waals surface area (Å²) in [6.07, 6.45) is 2.56. The fourth-order valence-electron chi connectivity index (χ4n) is 1.71. The van der Waals surface area contributed by atoms with Gasteiger partial charge in [-0.15, -0.1) is 6.58 Å². The monoisotopic (exact) mass is 256 g/mol. The molecule has 2 N–H and O–H groups in total. The predicted molar refractivity (Wildman–Crippen MR) is 77.0 cm³/mol. The molecule has 0 aliphatic carbocycles. The van der Waals surface area contributed by atoms with Crippen LogP contribution >= 0.6 is 0 Å². The average Bonchev–Trinajstić information content (AvgIpc) is 2.37. The van der Waals surface area contributed by atoms with Crippen LogP contribution in [0.4, 0.5) is 0 Å². The standard InChI is InChI=1S/C15H16N2O2/c1-10(2)7-8-11(18)9-14-15(19)17-13-6-4-3-5-12(13)16-14/h3-6,9,18H,1,7-8H2,2H3,(H,17,19)/b11-9-. The van der Waals surface area contributed by atoms with Gasteiger partial charge >= 0.3 is 0 Å². The Hall–Kier alpha value is -2.36. The van der Waals surface area contributed by atoms with E-state index in [9.17, 15) is 9.90 Å². The number of aliphatic hydroxyl groups is 1. The minimum absolute atomic E-state index is 0.135. The van der Waals surface area contributed by atoms with Gasteiger partial charge in [0.2, 0.25) is 0 Å². The van der Waals surface area contributed by atoms with Gasteiger partial charge in [0.1, 0.15) is 5.69 Å². The molecule has 1 aromatic heterocycles. The summed E-state index contributed by atoms with van der Waals surface area (Å²) in [5.41, 5.74) is 2.28. The van der Waals surface area contributed by atoms with E-state index in [1.54, 1.807) is 6.07 Å². The van der Waals surface area contributed by atoms with E-state index in [2.05, 4.69) is 16.5 Å². The Morgan fingerprint density at radius 1 is 1.42 bits per heavy atom. The summed E-state index contributed by atoms with van der Waals surface area (Å²) in [5.74, 6) is 0.135. The summed E-state index contributed by atoms with van der Waals surface area (Å²) in [4.78, 5) is 18.8. The van der Waals surface area contributed by atoms with Gasteiger partial charge < -0.3 is 10.1 Å². The van der Waals surface area contributed by atoms with Gasteiger partial charge in [-0.3, -0.25) is 4.79 Å². The number of hydrogen-bond acceptors (Lipinski definition) is 3. The van der Waals surface area contributed by atoms with Crippen LogP contribution in [0.5, 0.6) is 0 Å². The maximum absolute atomic E-state index is 11.8. The molecule has 0 aliphatic heterocycles. The van der Waals surface area contributed by atoms with Crippen molar-refractivity contribution in [3.8, 4) is 0 Å². The third-order valence-electron chi connectivity index (χ3n) is 2.74. The molecule has 4 nitrogen and oxygen atoms in total. The van der Waals surface area contributed by atoms with E-state index >= 15 is 0 Å². The van der Waals surface area contributed by atoms with Gasteiger partial charge in [-0.05, 0) is 25.5 Å². The first kappa shape index (κ1) is 13.1. The number of hydrogen-bond donors (Lipinski definition) is 2. The third-order valence-corrected chi connectivity index (χ3v) is 2.74. The van der Waals surface area contributed by atoms with Crippen LogP contribution in [0.15, 0.2) is 47.0 Å². The van der Waals surface area contributed by atoms with Gasteiger partial charge in [0.05, 0.1) is 16.8 Å². The summed E-state index contributed by atoms with van der Waals surface area (Å²) >= 11 is 0. The van der Waals surface area contributed by atoms with E-state index in [0.29, 0.717) is 23.9 Å². The van der Waals surface area contributed by atoms with Crippen molar-refractivity contribution in [2.24, 2.45) is 0 Å². The summed E-state index contributed by atoms with van der Waals surface area (Å²) in [7, 11) is 0. The molecule has 2 aromatic rings. The highest BCUT2D eigenvalue weighted by Crippen LogP contribution is 2.11. The Morgan fingerprint density at radius 2 is 2.16 bits per heavy atom. The first-order valence-electron chi connectivity index (χ1n) is 6.09. The Labute approximate surface area is 111 Å². The van der Waals surface area contributed by atoms with Gasteiger partial charge in [-0.25, -0.2) is 4.98 Å². The largest absolute Gasteiger partial charge is 0.512 e. The van der Waals surface area contributed by atoms with Gasteiger partial charge in [-0.1, -0.05) is 17.7 Å². The van der Waals surface area contributed by atoms with Gasteiger partial charge in [0.25, 0.3) is 5.56 Å². The van der Waals surface area contributed by atoms with Crippen LogP contribution in [0.1, 0.15) is 25.5 Å². The van der Waals surface area contributed by atoms with Crippen molar-refractivity contribution in [1.82, 2.24) is 9.97 Å². The number of para-hydroxylation sites is 2. The number of allylic oxidation sites excluding steroid dienone is 2. The minimum atomic E-state index is -0.305. The molecule has 1 aromatic carbocycles. The molecule has 0 radical (unpaired) electrons. The minimum Gasteiger partial charge on any atom is -0.512 e. The van der Waals surface area contributed by atoms with Crippen LogP contribution in [-0.4, -0.2) is 15.1 Å². The molecular formula is C15H16N2O2. The van der Waals surface area contributed by atoms with Crippen molar-refractivity contribution in [1.29, 1.82) is 0 Å². The topological polar surface area (TPSA) is 66.0 Å². The van der Waals surface area contributed by atoms with Gasteiger partial charge in [0.15, 0.2) is 0 Å². The average molecular weight is 256 g/mol. The third kappa shape index (κ3) is 3.31. The summed E-state index contributed by atoms with van der Waals surface area (Å²) in [6, 6.07) is 7.29. The zero-order valence-electron chi connectivity index (χ0n) is 10.8. The van der Waals surface area contributed by atoms with Crippen molar-refractivity contribution in [3.05, 3.63) is 58.2 Å². The lowest BCUT2D eigenvalue weighted by atomic mass is 10.1. The first-order chi connectivity index (χ1) is 9.06. The van der Waals surface area contributed by atoms with Crippen LogP contribution in [0.3, 0.4) is 0 Å². The maximum Gasteiger partial charge on any atom is 0.274 e. The van der Waals surface area contributed by atoms with E-state index in [1.165, 1.54) is 6.08 Å². The van der Waals surface area contributed by atoms with Gasteiger partial charge in [0, 0.05) is 12.5 Å². The SMILES string of the molecule is C=C(C)CC/C(O)=C/c1nc2ccccc2[nH]c1=O. The van der Waals surface area contributed by atoms with Crippen molar-refractivity contribution in [3.63, 3.8) is 0 Å². The highest BCUT2D eigenvalue weighted by Gasteiger charge is 2.03. The molecule has 1 heterocycles. The Kier molecular flexibility index (Phi) is 3.80. The van der Waals surface area contributed by atoms with E-state index < -0.39 is 0 Å². The van der Waals surface area contributed by atoms with Crippen molar-refractivity contribution < 1.29 is 5.11 Å². The first-order valence-corrected chi connectivity index (χ1v) is 6.09. The molecule has 0 amide bonds. The number of fused-ring (bicyclic) bond motifs is 1. The quantitative estimate of drug-likeness (QED) is 0.652. The lowest BCUT2D eigenvalue weighted by Crippen LogP contribution is -2.12. The number of aromatic nitrogens is 2. The van der Waals surface area contributed by atoms with Crippen LogP contribution in [-0.2, 0) is 0 Å². The molecule has 0 unspecified atom stereocenters. The second-order valence-electron chi connectivity index (χ2n) is 4.56. The molecule has 0 aliphatic rings. The summed E-state index contributed by atoms with van der Waals surface area (Å²) < 4.78 is 0. The van der Waals surface area contributed by atoms with Crippen LogP contribution in [0, 0.1) is 0 Å². The lowest BCUT2D eigenvalue weighted by Gasteiger charge is -2.01. The molecule has 4 heteroatoms. The lowest BCUT2D eigenvalue weighted by molar-refractivity contribution is 0.393. The van der Waals surface area contributed by atoms with Crippen molar-refractivity contribution in [2.75, 3.05) is 0 Å². The zero-order valence-corrected chi connectivity index (χ0v) is 10.8. The predicted octanol–water partition coefficient (Wildman–Crippen LogP) is 3.18. The van der Waals surface area contributed by atoms with Crippen LogP contribution in [0.2, 0.25) is 0 Å². The normalized spacial score (nSPS) is 11.7. The molecule has 0 bridgehead atoms. The second-order valence-corrected chi connectivity index (χ2v) is 4.56. The summed E-state index contributed by atoms with van der Waals surface area (Å²) in [6.45, 7) is 5.67. The Bertz CT molecular complexity index is 699. The van der Waals surface area contributed by atoms with Crippen molar-refractivity contribution >= 4 is 17.1 Å². The highest BCUT2D eigenvalue weighted by molar-refractivity contribution is 5.74. The Balaban J connectivity index is 2.34. The highest BCUT2D eigenvalue weighted by atomic mass is 16.3. The molecule has 0 atom stereocenters. The molecule has 0 spiro atoms. The maximum atomic E-state index is 11.8. The van der Waals surface area contributed by atoms with E-state index in [-0.39, 0.29) is 17.0 Å². The van der Waals surface area contributed by atoms with Crippen LogP contribution in [0.25, 0.3) is 17.1 Å². The number of nitrogens with one attached hydrogen (secondary N) is 1. The van der Waals surface area contributed by atoms with E-state index in [1.807, 2.05) is 25.1 Å². The smallest absolute Gasteiger partial charge is 0.274 e. The number of nitrogens with zero attached hydrogens (tertiary/aromatic N) is 1. The Morgan fingerprint density at radius 3 is 2.89 bits per heavy atom. The number of aromatic amines is 1. The fourth-order valence-corrected chi connectivity index (χ4v) is 1.71. The summed E-state index contributed by atoms with van der Waals surface area (Å²) in [5, 5.41) is 9.78. The number of aliphatic hydroxyl groups excluding tert-OH is 1. The number of rotatable bonds is 4. The van der Waals surface area contributed by atoms with Gasteiger partial charge in [-0.2, -0.15) is 0 Å². The fraction of sp³-hybridized carbons (Fsp3) is 0.200.